The molecule has 2 rings (SSSR count). The van der Waals surface area contributed by atoms with E-state index in [0.29, 0.717) is 12.0 Å². The number of fused-ring (bicyclic) bond motifs is 1. The monoisotopic (exact) mass is 247 g/mol. The van der Waals surface area contributed by atoms with Crippen molar-refractivity contribution in [2.24, 2.45) is 0 Å². The summed E-state index contributed by atoms with van der Waals surface area (Å²) in [6, 6.07) is 9.68. The van der Waals surface area contributed by atoms with Crippen molar-refractivity contribution in [2.45, 2.75) is 38.6 Å². The van der Waals surface area contributed by atoms with Crippen LogP contribution in [0.3, 0.4) is 0 Å². The van der Waals surface area contributed by atoms with Gasteiger partial charge in [0.1, 0.15) is 0 Å². The first-order valence-corrected chi connectivity index (χ1v) is 7.28. The number of hydrogen-bond acceptors (Lipinski definition) is 2. The van der Waals surface area contributed by atoms with Crippen LogP contribution in [0.25, 0.3) is 10.1 Å². The van der Waals surface area contributed by atoms with E-state index in [9.17, 15) is 0 Å². The minimum absolute atomic E-state index is 0.533. The van der Waals surface area contributed by atoms with E-state index in [-0.39, 0.29) is 0 Å². The Morgan fingerprint density at radius 1 is 1.29 bits per heavy atom. The summed E-state index contributed by atoms with van der Waals surface area (Å²) in [5.74, 6) is 0.620. The third kappa shape index (κ3) is 2.70. The molecule has 0 bridgehead atoms. The normalized spacial score (nSPS) is 15.0. The van der Waals surface area contributed by atoms with E-state index in [2.05, 4.69) is 55.9 Å². The average Bonchev–Trinajstić information content (AvgIpc) is 2.82. The van der Waals surface area contributed by atoms with Crippen LogP contribution in [0.2, 0.25) is 0 Å². The Morgan fingerprint density at radius 2 is 2.12 bits per heavy atom. The van der Waals surface area contributed by atoms with Crippen molar-refractivity contribution in [3.8, 4) is 0 Å². The number of benzene rings is 1. The molecule has 0 aliphatic heterocycles. The summed E-state index contributed by atoms with van der Waals surface area (Å²) in [5, 5.41) is 6.95. The Hall–Kier alpha value is -0.860. The number of rotatable bonds is 5. The SMILES string of the molecule is CCCC(c1ccc2sccc2c1)C(C)NC. The lowest BCUT2D eigenvalue weighted by atomic mass is 9.88. The van der Waals surface area contributed by atoms with Gasteiger partial charge in [-0.15, -0.1) is 11.3 Å². The largest absolute Gasteiger partial charge is 0.317 e. The second kappa shape index (κ2) is 5.65. The molecule has 1 N–H and O–H groups in total. The molecule has 0 amide bonds. The highest BCUT2D eigenvalue weighted by Gasteiger charge is 2.17. The third-order valence-electron chi connectivity index (χ3n) is 3.56. The van der Waals surface area contributed by atoms with Gasteiger partial charge in [0.15, 0.2) is 0 Å². The lowest BCUT2D eigenvalue weighted by Crippen LogP contribution is -2.28. The van der Waals surface area contributed by atoms with Crippen molar-refractivity contribution in [1.29, 1.82) is 0 Å². The summed E-state index contributed by atoms with van der Waals surface area (Å²) >= 11 is 1.82. The molecule has 0 aliphatic rings. The Bertz CT molecular complexity index is 474. The van der Waals surface area contributed by atoms with Crippen molar-refractivity contribution in [3.63, 3.8) is 0 Å². The predicted molar refractivity (Wildman–Crippen MR) is 78.0 cm³/mol. The van der Waals surface area contributed by atoms with E-state index in [1.807, 2.05) is 11.3 Å². The van der Waals surface area contributed by atoms with Gasteiger partial charge in [0.05, 0.1) is 0 Å². The number of hydrogen-bond donors (Lipinski definition) is 1. The van der Waals surface area contributed by atoms with Crippen LogP contribution in [0.5, 0.6) is 0 Å². The molecule has 0 fully saturated rings. The second-order valence-electron chi connectivity index (χ2n) is 4.69. The summed E-state index contributed by atoms with van der Waals surface area (Å²) in [5.41, 5.74) is 1.47. The first kappa shape index (κ1) is 12.6. The van der Waals surface area contributed by atoms with Crippen LogP contribution in [0, 0.1) is 0 Å². The smallest absolute Gasteiger partial charge is 0.0342 e. The maximum atomic E-state index is 3.39. The molecule has 0 saturated heterocycles. The molecule has 0 radical (unpaired) electrons. The van der Waals surface area contributed by atoms with Crippen LogP contribution in [0.4, 0.5) is 0 Å². The maximum Gasteiger partial charge on any atom is 0.0342 e. The predicted octanol–water partition coefficient (Wildman–Crippen LogP) is 4.39. The van der Waals surface area contributed by atoms with Gasteiger partial charge in [-0.3, -0.25) is 0 Å². The highest BCUT2D eigenvalue weighted by molar-refractivity contribution is 7.17. The quantitative estimate of drug-likeness (QED) is 0.826. The van der Waals surface area contributed by atoms with Crippen molar-refractivity contribution in [2.75, 3.05) is 7.05 Å². The van der Waals surface area contributed by atoms with Gasteiger partial charge in [-0.25, -0.2) is 0 Å². The third-order valence-corrected chi connectivity index (χ3v) is 4.46. The van der Waals surface area contributed by atoms with Crippen LogP contribution in [-0.4, -0.2) is 13.1 Å². The summed E-state index contributed by atoms with van der Waals surface area (Å²) in [4.78, 5) is 0. The molecule has 1 aromatic carbocycles. The molecule has 2 unspecified atom stereocenters. The van der Waals surface area contributed by atoms with Gasteiger partial charge < -0.3 is 5.32 Å². The van der Waals surface area contributed by atoms with E-state index in [1.165, 1.54) is 28.5 Å². The summed E-state index contributed by atoms with van der Waals surface area (Å²) in [6.07, 6.45) is 2.48. The summed E-state index contributed by atoms with van der Waals surface area (Å²) in [7, 11) is 2.05. The minimum Gasteiger partial charge on any atom is -0.317 e. The van der Waals surface area contributed by atoms with Gasteiger partial charge in [0.25, 0.3) is 0 Å². The van der Waals surface area contributed by atoms with E-state index < -0.39 is 0 Å². The highest BCUT2D eigenvalue weighted by Crippen LogP contribution is 2.29. The second-order valence-corrected chi connectivity index (χ2v) is 5.64. The molecule has 92 valence electrons. The first-order chi connectivity index (χ1) is 8.26. The fraction of sp³-hybridized carbons (Fsp3) is 0.467. The van der Waals surface area contributed by atoms with E-state index in [4.69, 9.17) is 0 Å². The van der Waals surface area contributed by atoms with Crippen molar-refractivity contribution in [1.82, 2.24) is 5.32 Å². The standard InChI is InChI=1S/C15H21NS/c1-4-5-14(11(2)16-3)12-6-7-15-13(10-12)8-9-17-15/h6-11,14,16H,4-5H2,1-3H3. The van der Waals surface area contributed by atoms with Gasteiger partial charge in [-0.05, 0) is 60.8 Å². The summed E-state index contributed by atoms with van der Waals surface area (Å²) < 4.78 is 1.39. The van der Waals surface area contributed by atoms with Gasteiger partial charge in [-0.2, -0.15) is 0 Å². The van der Waals surface area contributed by atoms with Crippen LogP contribution in [0.1, 0.15) is 38.2 Å². The molecule has 0 spiro atoms. The average molecular weight is 247 g/mol. The lowest BCUT2D eigenvalue weighted by molar-refractivity contribution is 0.464. The fourth-order valence-electron chi connectivity index (χ4n) is 2.43. The molecule has 2 atom stereocenters. The highest BCUT2D eigenvalue weighted by atomic mass is 32.1. The molecule has 2 aromatic rings. The van der Waals surface area contributed by atoms with Crippen LogP contribution >= 0.6 is 11.3 Å². The molecule has 0 saturated carbocycles. The zero-order chi connectivity index (χ0) is 12.3. The molecule has 1 aromatic heterocycles. The molecule has 17 heavy (non-hydrogen) atoms. The topological polar surface area (TPSA) is 12.0 Å². The Kier molecular flexibility index (Phi) is 4.19. The molecule has 1 heterocycles. The van der Waals surface area contributed by atoms with Crippen LogP contribution in [-0.2, 0) is 0 Å². The molecule has 2 heteroatoms. The Morgan fingerprint density at radius 3 is 2.82 bits per heavy atom. The minimum atomic E-state index is 0.533. The summed E-state index contributed by atoms with van der Waals surface area (Å²) in [6.45, 7) is 4.54. The zero-order valence-corrected chi connectivity index (χ0v) is 11.7. The lowest BCUT2D eigenvalue weighted by Gasteiger charge is -2.23. The van der Waals surface area contributed by atoms with Crippen LogP contribution < -0.4 is 5.32 Å². The van der Waals surface area contributed by atoms with Crippen molar-refractivity contribution < 1.29 is 0 Å². The molecular formula is C15H21NS. The van der Waals surface area contributed by atoms with Crippen LogP contribution in [0.15, 0.2) is 29.6 Å². The zero-order valence-electron chi connectivity index (χ0n) is 10.9. The van der Waals surface area contributed by atoms with E-state index >= 15 is 0 Å². The van der Waals surface area contributed by atoms with Crippen molar-refractivity contribution >= 4 is 21.4 Å². The first-order valence-electron chi connectivity index (χ1n) is 6.40. The van der Waals surface area contributed by atoms with Crippen molar-refractivity contribution in [3.05, 3.63) is 35.2 Å². The molecule has 1 nitrogen and oxygen atoms in total. The molecule has 0 aliphatic carbocycles. The number of nitrogens with one attached hydrogen (secondary N) is 1. The Labute approximate surface area is 108 Å². The van der Waals surface area contributed by atoms with Gasteiger partial charge in [0.2, 0.25) is 0 Å². The number of likely N-dealkylation sites (N-methyl/N-ethyl adjacent to an activating group) is 1. The fourth-order valence-corrected chi connectivity index (χ4v) is 3.20. The van der Waals surface area contributed by atoms with E-state index in [0.717, 1.165) is 0 Å². The van der Waals surface area contributed by atoms with Gasteiger partial charge >= 0.3 is 0 Å². The molecular weight excluding hydrogens is 226 g/mol. The maximum absolute atomic E-state index is 3.39. The van der Waals surface area contributed by atoms with Gasteiger partial charge in [0, 0.05) is 10.7 Å². The van der Waals surface area contributed by atoms with E-state index in [1.54, 1.807) is 0 Å². The van der Waals surface area contributed by atoms with Gasteiger partial charge in [-0.1, -0.05) is 19.4 Å². The Balaban J connectivity index is 2.33. The number of thiophene rings is 1.